The highest BCUT2D eigenvalue weighted by Gasteiger charge is 2.06. The highest BCUT2D eigenvalue weighted by atomic mass is 16.5. The first kappa shape index (κ1) is 15.1. The number of aliphatic carboxylic acids is 1. The fourth-order valence-electron chi connectivity index (χ4n) is 1.96. The van der Waals surface area contributed by atoms with Gasteiger partial charge in [-0.15, -0.1) is 0 Å². The van der Waals surface area contributed by atoms with E-state index in [1.807, 2.05) is 32.2 Å². The molecular formula is C15H18N2O4. The second-order valence-electron chi connectivity index (χ2n) is 4.93. The number of rotatable bonds is 7. The molecule has 0 aliphatic rings. The SMILES string of the molecule is Cc1cc(CN(C)Cc2ccc(OCC(=O)O)cc2)on1. The van der Waals surface area contributed by atoms with Gasteiger partial charge < -0.3 is 14.4 Å². The van der Waals surface area contributed by atoms with Gasteiger partial charge in [-0.3, -0.25) is 4.90 Å². The molecule has 1 aromatic carbocycles. The van der Waals surface area contributed by atoms with Gasteiger partial charge in [0, 0.05) is 12.6 Å². The predicted octanol–water partition coefficient (Wildman–Crippen LogP) is 2.08. The van der Waals surface area contributed by atoms with E-state index in [9.17, 15) is 4.79 Å². The van der Waals surface area contributed by atoms with Crippen LogP contribution in [-0.2, 0) is 17.9 Å². The average Bonchev–Trinajstić information content (AvgIpc) is 2.83. The molecule has 0 amide bonds. The van der Waals surface area contributed by atoms with E-state index >= 15 is 0 Å². The summed E-state index contributed by atoms with van der Waals surface area (Å²) in [6.45, 7) is 2.99. The van der Waals surface area contributed by atoms with Gasteiger partial charge >= 0.3 is 5.97 Å². The van der Waals surface area contributed by atoms with Crippen molar-refractivity contribution in [3.63, 3.8) is 0 Å². The Bertz CT molecular complexity index is 592. The normalized spacial score (nSPS) is 10.8. The minimum Gasteiger partial charge on any atom is -0.482 e. The lowest BCUT2D eigenvalue weighted by Crippen LogP contribution is -2.16. The molecule has 112 valence electrons. The zero-order valence-electron chi connectivity index (χ0n) is 12.1. The first-order chi connectivity index (χ1) is 10.0. The summed E-state index contributed by atoms with van der Waals surface area (Å²) in [6, 6.07) is 9.29. The van der Waals surface area contributed by atoms with E-state index in [0.29, 0.717) is 12.3 Å². The van der Waals surface area contributed by atoms with E-state index in [4.69, 9.17) is 14.4 Å². The van der Waals surface area contributed by atoms with Crippen molar-refractivity contribution in [2.75, 3.05) is 13.7 Å². The fraction of sp³-hybridized carbons (Fsp3) is 0.333. The van der Waals surface area contributed by atoms with Crippen molar-refractivity contribution in [2.45, 2.75) is 20.0 Å². The third-order valence-corrected chi connectivity index (χ3v) is 2.84. The molecular weight excluding hydrogens is 272 g/mol. The van der Waals surface area contributed by atoms with E-state index < -0.39 is 5.97 Å². The molecule has 2 rings (SSSR count). The van der Waals surface area contributed by atoms with Crippen molar-refractivity contribution in [3.05, 3.63) is 47.3 Å². The molecule has 1 heterocycles. The summed E-state index contributed by atoms with van der Waals surface area (Å²) in [5, 5.41) is 12.4. The summed E-state index contributed by atoms with van der Waals surface area (Å²) < 4.78 is 10.3. The Hall–Kier alpha value is -2.34. The minimum atomic E-state index is -0.985. The second-order valence-corrected chi connectivity index (χ2v) is 4.93. The molecule has 0 fully saturated rings. The maximum Gasteiger partial charge on any atom is 0.341 e. The Kier molecular flexibility index (Phi) is 4.94. The summed E-state index contributed by atoms with van der Waals surface area (Å²) in [6.07, 6.45) is 0. The highest BCUT2D eigenvalue weighted by Crippen LogP contribution is 2.14. The number of carboxylic acids is 1. The first-order valence-electron chi connectivity index (χ1n) is 6.57. The van der Waals surface area contributed by atoms with E-state index in [0.717, 1.165) is 23.6 Å². The monoisotopic (exact) mass is 290 g/mol. The number of nitrogens with zero attached hydrogens (tertiary/aromatic N) is 2. The standard InChI is InChI=1S/C15H18N2O4/c1-11-7-14(21-16-11)9-17(2)8-12-3-5-13(6-4-12)20-10-15(18)19/h3-7H,8-10H2,1-2H3,(H,18,19). The van der Waals surface area contributed by atoms with Crippen LogP contribution in [0.3, 0.4) is 0 Å². The minimum absolute atomic E-state index is 0.329. The molecule has 0 aliphatic carbocycles. The van der Waals surface area contributed by atoms with Crippen LogP contribution >= 0.6 is 0 Å². The van der Waals surface area contributed by atoms with Gasteiger partial charge in [-0.05, 0) is 31.7 Å². The molecule has 6 nitrogen and oxygen atoms in total. The molecule has 0 spiro atoms. The van der Waals surface area contributed by atoms with Crippen molar-refractivity contribution in [1.29, 1.82) is 0 Å². The summed E-state index contributed by atoms with van der Waals surface area (Å²) in [7, 11) is 1.99. The zero-order chi connectivity index (χ0) is 15.2. The highest BCUT2D eigenvalue weighted by molar-refractivity contribution is 5.68. The maximum absolute atomic E-state index is 10.4. The van der Waals surface area contributed by atoms with Gasteiger partial charge in [0.1, 0.15) is 5.75 Å². The first-order valence-corrected chi connectivity index (χ1v) is 6.57. The van der Waals surface area contributed by atoms with Gasteiger partial charge in [0.2, 0.25) is 0 Å². The molecule has 2 aromatic rings. The Labute approximate surface area is 122 Å². The number of benzene rings is 1. The van der Waals surface area contributed by atoms with E-state index in [2.05, 4.69) is 10.1 Å². The van der Waals surface area contributed by atoms with Gasteiger partial charge in [0.15, 0.2) is 12.4 Å². The number of aryl methyl sites for hydroxylation is 1. The Morgan fingerprint density at radius 1 is 1.33 bits per heavy atom. The third-order valence-electron chi connectivity index (χ3n) is 2.84. The van der Waals surface area contributed by atoms with Gasteiger partial charge in [-0.2, -0.15) is 0 Å². The Balaban J connectivity index is 1.86. The lowest BCUT2D eigenvalue weighted by molar-refractivity contribution is -0.139. The largest absolute Gasteiger partial charge is 0.482 e. The second kappa shape index (κ2) is 6.90. The molecule has 0 atom stereocenters. The number of hydrogen-bond donors (Lipinski definition) is 1. The van der Waals surface area contributed by atoms with E-state index in [1.54, 1.807) is 12.1 Å². The van der Waals surface area contributed by atoms with Crippen molar-refractivity contribution in [3.8, 4) is 5.75 Å². The molecule has 6 heteroatoms. The van der Waals surface area contributed by atoms with Gasteiger partial charge in [0.25, 0.3) is 0 Å². The van der Waals surface area contributed by atoms with Crippen LogP contribution in [-0.4, -0.2) is 34.8 Å². The topological polar surface area (TPSA) is 75.8 Å². The molecule has 1 aromatic heterocycles. The van der Waals surface area contributed by atoms with Crippen molar-refractivity contribution >= 4 is 5.97 Å². The molecule has 0 saturated carbocycles. The molecule has 0 radical (unpaired) electrons. The molecule has 0 saturated heterocycles. The number of carboxylic acid groups (broad SMARTS) is 1. The molecule has 0 aliphatic heterocycles. The van der Waals surface area contributed by atoms with Gasteiger partial charge in [0.05, 0.1) is 12.2 Å². The van der Waals surface area contributed by atoms with Crippen LogP contribution < -0.4 is 4.74 Å². The summed E-state index contributed by atoms with van der Waals surface area (Å²) >= 11 is 0. The fourth-order valence-corrected chi connectivity index (χ4v) is 1.96. The molecule has 0 bridgehead atoms. The third kappa shape index (κ3) is 4.92. The van der Waals surface area contributed by atoms with Gasteiger partial charge in [-0.1, -0.05) is 17.3 Å². The van der Waals surface area contributed by atoms with Crippen LogP contribution in [0.25, 0.3) is 0 Å². The average molecular weight is 290 g/mol. The van der Waals surface area contributed by atoms with E-state index in [1.165, 1.54) is 0 Å². The van der Waals surface area contributed by atoms with Crippen LogP contribution in [0.5, 0.6) is 5.75 Å². The smallest absolute Gasteiger partial charge is 0.341 e. The predicted molar refractivity (Wildman–Crippen MR) is 76.0 cm³/mol. The van der Waals surface area contributed by atoms with Crippen molar-refractivity contribution < 1.29 is 19.2 Å². The maximum atomic E-state index is 10.4. The summed E-state index contributed by atoms with van der Waals surface area (Å²) in [4.78, 5) is 12.5. The summed E-state index contributed by atoms with van der Waals surface area (Å²) in [5.41, 5.74) is 1.98. The van der Waals surface area contributed by atoms with Crippen LogP contribution in [0.2, 0.25) is 0 Å². The molecule has 0 unspecified atom stereocenters. The van der Waals surface area contributed by atoms with Crippen LogP contribution in [0.1, 0.15) is 17.0 Å². The Morgan fingerprint density at radius 3 is 2.62 bits per heavy atom. The number of aromatic nitrogens is 1. The number of hydrogen-bond acceptors (Lipinski definition) is 5. The Morgan fingerprint density at radius 2 is 2.05 bits per heavy atom. The van der Waals surface area contributed by atoms with Crippen LogP contribution in [0, 0.1) is 6.92 Å². The summed E-state index contributed by atoms with van der Waals surface area (Å²) in [5.74, 6) is 0.396. The lowest BCUT2D eigenvalue weighted by atomic mass is 10.2. The van der Waals surface area contributed by atoms with Gasteiger partial charge in [-0.25, -0.2) is 4.79 Å². The van der Waals surface area contributed by atoms with Crippen molar-refractivity contribution in [2.24, 2.45) is 0 Å². The number of ether oxygens (including phenoxy) is 1. The van der Waals surface area contributed by atoms with Crippen LogP contribution in [0.4, 0.5) is 0 Å². The quantitative estimate of drug-likeness (QED) is 0.841. The number of carbonyl (C=O) groups is 1. The molecule has 21 heavy (non-hydrogen) atoms. The zero-order valence-corrected chi connectivity index (χ0v) is 12.1. The molecule has 1 N–H and O–H groups in total. The van der Waals surface area contributed by atoms with Crippen LogP contribution in [0.15, 0.2) is 34.9 Å². The van der Waals surface area contributed by atoms with E-state index in [-0.39, 0.29) is 6.61 Å². The van der Waals surface area contributed by atoms with Crippen molar-refractivity contribution in [1.82, 2.24) is 10.1 Å². The lowest BCUT2D eigenvalue weighted by Gasteiger charge is -2.15.